The summed E-state index contributed by atoms with van der Waals surface area (Å²) in [5, 5.41) is 0. The van der Waals surface area contributed by atoms with E-state index in [2.05, 4.69) is 4.90 Å². The first-order valence-corrected chi connectivity index (χ1v) is 6.63. The van der Waals surface area contributed by atoms with Crippen LogP contribution in [0.1, 0.15) is 18.4 Å². The van der Waals surface area contributed by atoms with Gasteiger partial charge in [0.1, 0.15) is 0 Å². The fraction of sp³-hybridized carbons (Fsp3) is 0.571. The number of fused-ring (bicyclic) bond motifs is 1. The molecule has 0 spiro atoms. The van der Waals surface area contributed by atoms with E-state index in [-0.39, 0.29) is 6.04 Å². The number of halogens is 3. The maximum absolute atomic E-state index is 12.5. The summed E-state index contributed by atoms with van der Waals surface area (Å²) in [6.07, 6.45) is -2.04. The first-order valence-electron chi connectivity index (χ1n) is 6.63. The third-order valence-corrected chi connectivity index (χ3v) is 4.47. The van der Waals surface area contributed by atoms with Crippen LogP contribution in [0.4, 0.5) is 18.9 Å². The maximum atomic E-state index is 12.5. The molecule has 104 valence electrons. The summed E-state index contributed by atoms with van der Waals surface area (Å²) in [6.45, 7) is 1.79. The van der Waals surface area contributed by atoms with Crippen LogP contribution in [0.3, 0.4) is 0 Å². The summed E-state index contributed by atoms with van der Waals surface area (Å²) >= 11 is 0. The van der Waals surface area contributed by atoms with E-state index < -0.39 is 11.7 Å². The van der Waals surface area contributed by atoms with E-state index in [1.54, 1.807) is 12.1 Å². The molecule has 3 rings (SSSR count). The molecule has 0 amide bonds. The average Bonchev–Trinajstić information content (AvgIpc) is 2.91. The van der Waals surface area contributed by atoms with Crippen LogP contribution in [-0.2, 0) is 6.18 Å². The van der Waals surface area contributed by atoms with Crippen molar-refractivity contribution in [1.29, 1.82) is 0 Å². The minimum atomic E-state index is -4.26. The van der Waals surface area contributed by atoms with Gasteiger partial charge in [-0.2, -0.15) is 13.2 Å². The summed E-state index contributed by atoms with van der Waals surface area (Å²) in [5.74, 6) is 1.11. The van der Waals surface area contributed by atoms with Crippen LogP contribution < -0.4 is 10.6 Å². The second kappa shape index (κ2) is 4.40. The number of alkyl halides is 3. The Kier molecular flexibility index (Phi) is 2.96. The van der Waals surface area contributed by atoms with Crippen molar-refractivity contribution in [1.82, 2.24) is 0 Å². The zero-order valence-electron chi connectivity index (χ0n) is 10.5. The molecule has 0 aromatic heterocycles. The van der Waals surface area contributed by atoms with Crippen LogP contribution in [0, 0.1) is 11.8 Å². The van der Waals surface area contributed by atoms with Crippen molar-refractivity contribution in [2.24, 2.45) is 17.6 Å². The molecule has 5 heteroatoms. The zero-order valence-corrected chi connectivity index (χ0v) is 10.5. The molecular formula is C14H17F3N2. The van der Waals surface area contributed by atoms with Crippen molar-refractivity contribution in [3.8, 4) is 0 Å². The van der Waals surface area contributed by atoms with Gasteiger partial charge in [0.15, 0.2) is 0 Å². The van der Waals surface area contributed by atoms with E-state index in [0.29, 0.717) is 11.8 Å². The molecule has 0 radical (unpaired) electrons. The number of hydrogen-bond donors (Lipinski definition) is 1. The van der Waals surface area contributed by atoms with E-state index in [0.717, 1.165) is 43.8 Å². The molecule has 0 bridgehead atoms. The first kappa shape index (κ1) is 12.8. The normalized spacial score (nSPS) is 30.7. The Hall–Kier alpha value is -1.23. The summed E-state index contributed by atoms with van der Waals surface area (Å²) < 4.78 is 37.5. The van der Waals surface area contributed by atoms with Crippen LogP contribution in [0.15, 0.2) is 24.3 Å². The molecular weight excluding hydrogens is 253 g/mol. The highest BCUT2D eigenvalue weighted by Crippen LogP contribution is 2.39. The number of anilines is 1. The molecule has 1 aromatic rings. The van der Waals surface area contributed by atoms with Gasteiger partial charge in [0.25, 0.3) is 0 Å². The second-order valence-corrected chi connectivity index (χ2v) is 5.61. The Morgan fingerprint density at radius 2 is 1.74 bits per heavy atom. The fourth-order valence-corrected chi connectivity index (χ4v) is 3.38. The molecule has 19 heavy (non-hydrogen) atoms. The van der Waals surface area contributed by atoms with Gasteiger partial charge < -0.3 is 10.6 Å². The van der Waals surface area contributed by atoms with Crippen molar-refractivity contribution in [2.75, 3.05) is 18.0 Å². The average molecular weight is 270 g/mol. The third kappa shape index (κ3) is 2.31. The molecule has 1 aromatic carbocycles. The third-order valence-electron chi connectivity index (χ3n) is 4.47. The minimum Gasteiger partial charge on any atom is -0.371 e. The van der Waals surface area contributed by atoms with Crippen molar-refractivity contribution in [2.45, 2.75) is 25.1 Å². The predicted molar refractivity (Wildman–Crippen MR) is 67.8 cm³/mol. The van der Waals surface area contributed by atoms with Gasteiger partial charge in [-0.25, -0.2) is 0 Å². The molecule has 1 aliphatic carbocycles. The Labute approximate surface area is 110 Å². The Morgan fingerprint density at radius 1 is 1.05 bits per heavy atom. The molecule has 1 saturated carbocycles. The van der Waals surface area contributed by atoms with E-state index in [4.69, 9.17) is 5.73 Å². The Balaban J connectivity index is 1.74. The van der Waals surface area contributed by atoms with Crippen LogP contribution in [0.5, 0.6) is 0 Å². The van der Waals surface area contributed by atoms with Crippen LogP contribution in [-0.4, -0.2) is 19.1 Å². The van der Waals surface area contributed by atoms with Gasteiger partial charge in [0.05, 0.1) is 5.56 Å². The van der Waals surface area contributed by atoms with E-state index in [1.807, 2.05) is 0 Å². The Bertz CT molecular complexity index is 455. The van der Waals surface area contributed by atoms with Crippen molar-refractivity contribution in [3.05, 3.63) is 29.8 Å². The lowest BCUT2D eigenvalue weighted by Crippen LogP contribution is -2.30. The summed E-state index contributed by atoms with van der Waals surface area (Å²) in [4.78, 5) is 2.16. The second-order valence-electron chi connectivity index (χ2n) is 5.61. The van der Waals surface area contributed by atoms with Gasteiger partial charge in [-0.1, -0.05) is 0 Å². The molecule has 3 atom stereocenters. The largest absolute Gasteiger partial charge is 0.416 e. The summed E-state index contributed by atoms with van der Waals surface area (Å²) in [7, 11) is 0. The number of benzene rings is 1. The van der Waals surface area contributed by atoms with Gasteiger partial charge in [-0.05, 0) is 48.9 Å². The standard InChI is InChI=1S/C14H17F3N2/c15-14(16,17)10-2-4-11(5-3-10)19-7-9-1-6-13(18)12(9)8-19/h2-5,9,12-13H,1,6-8,18H2/t9-,12?,13+/m1/s1. The molecule has 1 heterocycles. The highest BCUT2D eigenvalue weighted by Gasteiger charge is 2.41. The number of nitrogens with zero attached hydrogens (tertiary/aromatic N) is 1. The van der Waals surface area contributed by atoms with Gasteiger partial charge in [-0.3, -0.25) is 0 Å². The SMILES string of the molecule is N[C@H]1CC[C@@H]2CN(c3ccc(C(F)(F)F)cc3)CC21. The van der Waals surface area contributed by atoms with Gasteiger partial charge in [0, 0.05) is 24.8 Å². The highest BCUT2D eigenvalue weighted by atomic mass is 19.4. The lowest BCUT2D eigenvalue weighted by Gasteiger charge is -2.21. The summed E-state index contributed by atoms with van der Waals surface area (Å²) in [5.41, 5.74) is 6.35. The zero-order chi connectivity index (χ0) is 13.6. The van der Waals surface area contributed by atoms with Crippen LogP contribution >= 0.6 is 0 Å². The first-order chi connectivity index (χ1) is 8.95. The van der Waals surface area contributed by atoms with Gasteiger partial charge in [-0.15, -0.1) is 0 Å². The molecule has 2 nitrogen and oxygen atoms in total. The summed E-state index contributed by atoms with van der Waals surface area (Å²) in [6, 6.07) is 5.70. The van der Waals surface area contributed by atoms with Gasteiger partial charge >= 0.3 is 6.18 Å². The number of rotatable bonds is 1. The predicted octanol–water partition coefficient (Wildman–Crippen LogP) is 2.88. The number of nitrogens with two attached hydrogens (primary N) is 1. The Morgan fingerprint density at radius 3 is 2.32 bits per heavy atom. The lowest BCUT2D eigenvalue weighted by atomic mass is 9.98. The van der Waals surface area contributed by atoms with Crippen LogP contribution in [0.2, 0.25) is 0 Å². The smallest absolute Gasteiger partial charge is 0.371 e. The van der Waals surface area contributed by atoms with Crippen molar-refractivity contribution >= 4 is 5.69 Å². The molecule has 2 fully saturated rings. The number of hydrogen-bond acceptors (Lipinski definition) is 2. The molecule has 1 saturated heterocycles. The quantitative estimate of drug-likeness (QED) is 0.850. The maximum Gasteiger partial charge on any atom is 0.416 e. The van der Waals surface area contributed by atoms with E-state index >= 15 is 0 Å². The molecule has 1 unspecified atom stereocenters. The lowest BCUT2D eigenvalue weighted by molar-refractivity contribution is -0.137. The van der Waals surface area contributed by atoms with Crippen molar-refractivity contribution < 1.29 is 13.2 Å². The molecule has 1 aliphatic heterocycles. The van der Waals surface area contributed by atoms with E-state index in [1.165, 1.54) is 0 Å². The van der Waals surface area contributed by atoms with Gasteiger partial charge in [0.2, 0.25) is 0 Å². The fourth-order valence-electron chi connectivity index (χ4n) is 3.38. The minimum absolute atomic E-state index is 0.254. The van der Waals surface area contributed by atoms with Crippen molar-refractivity contribution in [3.63, 3.8) is 0 Å². The molecule has 2 aliphatic rings. The van der Waals surface area contributed by atoms with E-state index in [9.17, 15) is 13.2 Å². The monoisotopic (exact) mass is 270 g/mol. The highest BCUT2D eigenvalue weighted by molar-refractivity contribution is 5.49. The van der Waals surface area contributed by atoms with Crippen LogP contribution in [0.25, 0.3) is 0 Å². The topological polar surface area (TPSA) is 29.3 Å². The molecule has 2 N–H and O–H groups in total.